The predicted octanol–water partition coefficient (Wildman–Crippen LogP) is 3.34. The molecule has 1 aromatic carbocycles. The molecule has 1 aromatic heterocycles. The molecule has 6 heteroatoms. The van der Waals surface area contributed by atoms with Crippen LogP contribution in [-0.4, -0.2) is 38.1 Å². The SMILES string of the molecule is COc1ccc2c(c1OC)CCn1c-2c(C)c(OCC2CCCCO2)cc1=O. The van der Waals surface area contributed by atoms with Crippen molar-refractivity contribution in [3.8, 4) is 28.5 Å². The summed E-state index contributed by atoms with van der Waals surface area (Å²) in [4.78, 5) is 12.8. The van der Waals surface area contributed by atoms with Gasteiger partial charge in [0.15, 0.2) is 11.5 Å². The third-order valence-corrected chi connectivity index (χ3v) is 5.70. The van der Waals surface area contributed by atoms with Gasteiger partial charge in [0.2, 0.25) is 0 Å². The van der Waals surface area contributed by atoms with Crippen molar-refractivity contribution in [2.45, 2.75) is 45.3 Å². The summed E-state index contributed by atoms with van der Waals surface area (Å²) in [5.41, 5.74) is 3.88. The van der Waals surface area contributed by atoms with Crippen molar-refractivity contribution in [3.63, 3.8) is 0 Å². The van der Waals surface area contributed by atoms with Crippen LogP contribution in [0.25, 0.3) is 11.3 Å². The summed E-state index contributed by atoms with van der Waals surface area (Å²) >= 11 is 0. The zero-order valence-electron chi connectivity index (χ0n) is 16.7. The molecule has 6 nitrogen and oxygen atoms in total. The fourth-order valence-corrected chi connectivity index (χ4v) is 4.25. The Morgan fingerprint density at radius 1 is 1.18 bits per heavy atom. The highest BCUT2D eigenvalue weighted by Crippen LogP contribution is 2.42. The van der Waals surface area contributed by atoms with Crippen LogP contribution in [0.15, 0.2) is 23.0 Å². The zero-order valence-corrected chi connectivity index (χ0v) is 16.7. The number of pyridine rings is 1. The second-order valence-electron chi connectivity index (χ2n) is 7.35. The van der Waals surface area contributed by atoms with Gasteiger partial charge in [-0.1, -0.05) is 0 Å². The maximum Gasteiger partial charge on any atom is 0.254 e. The molecule has 2 aromatic rings. The molecule has 0 N–H and O–H groups in total. The summed E-state index contributed by atoms with van der Waals surface area (Å²) in [5.74, 6) is 2.07. The highest BCUT2D eigenvalue weighted by molar-refractivity contribution is 5.75. The van der Waals surface area contributed by atoms with Crippen molar-refractivity contribution in [1.82, 2.24) is 4.57 Å². The van der Waals surface area contributed by atoms with E-state index in [1.54, 1.807) is 20.3 Å². The predicted molar refractivity (Wildman–Crippen MR) is 107 cm³/mol. The largest absolute Gasteiger partial charge is 0.493 e. The Morgan fingerprint density at radius 2 is 2.04 bits per heavy atom. The van der Waals surface area contributed by atoms with Crippen LogP contribution in [0.4, 0.5) is 0 Å². The number of aromatic nitrogens is 1. The molecule has 0 saturated carbocycles. The smallest absolute Gasteiger partial charge is 0.254 e. The average molecular weight is 385 g/mol. The van der Waals surface area contributed by atoms with Crippen LogP contribution in [0.2, 0.25) is 0 Å². The summed E-state index contributed by atoms with van der Waals surface area (Å²) in [6.07, 6.45) is 4.09. The summed E-state index contributed by atoms with van der Waals surface area (Å²) in [7, 11) is 3.28. The first kappa shape index (κ1) is 18.9. The fraction of sp³-hybridized carbons (Fsp3) is 0.500. The lowest BCUT2D eigenvalue weighted by molar-refractivity contribution is -0.0112. The number of rotatable bonds is 5. The molecule has 2 aliphatic heterocycles. The molecule has 150 valence electrons. The van der Waals surface area contributed by atoms with E-state index in [-0.39, 0.29) is 11.7 Å². The van der Waals surface area contributed by atoms with Crippen LogP contribution in [0.5, 0.6) is 17.2 Å². The number of fused-ring (bicyclic) bond motifs is 3. The van der Waals surface area contributed by atoms with Gasteiger partial charge in [0.05, 0.1) is 26.0 Å². The minimum absolute atomic E-state index is 0.0411. The molecule has 0 spiro atoms. The molecule has 1 unspecified atom stereocenters. The van der Waals surface area contributed by atoms with Crippen LogP contribution < -0.4 is 19.8 Å². The molecule has 1 saturated heterocycles. The minimum Gasteiger partial charge on any atom is -0.493 e. The number of hydrogen-bond donors (Lipinski definition) is 0. The maximum atomic E-state index is 12.8. The molecule has 2 aliphatic rings. The Hall–Kier alpha value is -2.47. The lowest BCUT2D eigenvalue weighted by Crippen LogP contribution is -2.29. The van der Waals surface area contributed by atoms with Gasteiger partial charge in [-0.3, -0.25) is 4.79 Å². The Morgan fingerprint density at radius 3 is 2.75 bits per heavy atom. The number of methoxy groups -OCH3 is 2. The van der Waals surface area contributed by atoms with E-state index in [1.807, 2.05) is 23.6 Å². The maximum absolute atomic E-state index is 12.8. The van der Waals surface area contributed by atoms with Crippen molar-refractivity contribution in [3.05, 3.63) is 39.7 Å². The second kappa shape index (κ2) is 7.87. The summed E-state index contributed by atoms with van der Waals surface area (Å²) in [5, 5.41) is 0. The van der Waals surface area contributed by atoms with Gasteiger partial charge >= 0.3 is 0 Å². The molecule has 0 radical (unpaired) electrons. The van der Waals surface area contributed by atoms with Crippen LogP contribution in [0.3, 0.4) is 0 Å². The molecule has 0 amide bonds. The molecule has 1 fully saturated rings. The van der Waals surface area contributed by atoms with E-state index in [9.17, 15) is 4.79 Å². The standard InChI is InChI=1S/C22H27NO5/c1-14-19(28-13-15-6-4-5-11-27-15)12-20(24)23-10-9-17-16(21(14)23)7-8-18(25-2)22(17)26-3/h7-8,12,15H,4-6,9-11,13H2,1-3H3. The van der Waals surface area contributed by atoms with E-state index in [4.69, 9.17) is 18.9 Å². The quantitative estimate of drug-likeness (QED) is 0.790. The molecular formula is C22H27NO5. The van der Waals surface area contributed by atoms with Gasteiger partial charge in [-0.05, 0) is 44.7 Å². The van der Waals surface area contributed by atoms with Crippen LogP contribution >= 0.6 is 0 Å². The highest BCUT2D eigenvalue weighted by Gasteiger charge is 2.26. The molecule has 28 heavy (non-hydrogen) atoms. The topological polar surface area (TPSA) is 58.9 Å². The second-order valence-corrected chi connectivity index (χ2v) is 7.35. The van der Waals surface area contributed by atoms with E-state index < -0.39 is 0 Å². The van der Waals surface area contributed by atoms with E-state index in [0.717, 1.165) is 60.4 Å². The number of hydrogen-bond acceptors (Lipinski definition) is 5. The normalized spacial score (nSPS) is 18.2. The van der Waals surface area contributed by atoms with Crippen molar-refractivity contribution in [2.75, 3.05) is 27.4 Å². The Labute approximate surface area is 165 Å². The van der Waals surface area contributed by atoms with E-state index >= 15 is 0 Å². The zero-order chi connectivity index (χ0) is 19.7. The van der Waals surface area contributed by atoms with Gasteiger partial charge in [0.25, 0.3) is 5.56 Å². The Kier molecular flexibility index (Phi) is 5.31. The third-order valence-electron chi connectivity index (χ3n) is 5.70. The van der Waals surface area contributed by atoms with Gasteiger partial charge < -0.3 is 23.5 Å². The molecule has 3 heterocycles. The summed E-state index contributed by atoms with van der Waals surface area (Å²) < 4.78 is 24.7. The molecule has 4 rings (SSSR count). The van der Waals surface area contributed by atoms with Crippen molar-refractivity contribution < 1.29 is 18.9 Å². The van der Waals surface area contributed by atoms with Crippen LogP contribution in [0.1, 0.15) is 30.4 Å². The molecule has 1 atom stereocenters. The van der Waals surface area contributed by atoms with Gasteiger partial charge in [-0.25, -0.2) is 0 Å². The highest BCUT2D eigenvalue weighted by atomic mass is 16.5. The minimum atomic E-state index is -0.0411. The van der Waals surface area contributed by atoms with Gasteiger partial charge in [-0.2, -0.15) is 0 Å². The summed E-state index contributed by atoms with van der Waals surface area (Å²) in [6, 6.07) is 5.50. The van der Waals surface area contributed by atoms with Gasteiger partial charge in [0, 0.05) is 35.9 Å². The van der Waals surface area contributed by atoms with Crippen molar-refractivity contribution >= 4 is 0 Å². The monoisotopic (exact) mass is 385 g/mol. The first-order valence-electron chi connectivity index (χ1n) is 9.87. The summed E-state index contributed by atoms with van der Waals surface area (Å²) in [6.45, 7) is 3.88. The first-order valence-corrected chi connectivity index (χ1v) is 9.87. The fourth-order valence-electron chi connectivity index (χ4n) is 4.25. The lowest BCUT2D eigenvalue weighted by atomic mass is 9.93. The van der Waals surface area contributed by atoms with Gasteiger partial charge in [0.1, 0.15) is 12.4 Å². The molecule has 0 bridgehead atoms. The molecule has 0 aliphatic carbocycles. The number of nitrogens with zero attached hydrogens (tertiary/aromatic N) is 1. The Balaban J connectivity index is 1.74. The first-order chi connectivity index (χ1) is 13.6. The van der Waals surface area contributed by atoms with E-state index in [0.29, 0.717) is 24.7 Å². The van der Waals surface area contributed by atoms with Crippen molar-refractivity contribution in [1.29, 1.82) is 0 Å². The van der Waals surface area contributed by atoms with Crippen LogP contribution in [0, 0.1) is 6.92 Å². The lowest BCUT2D eigenvalue weighted by Gasteiger charge is -2.27. The third kappa shape index (κ3) is 3.26. The van der Waals surface area contributed by atoms with Crippen LogP contribution in [-0.2, 0) is 17.7 Å². The number of ether oxygens (including phenoxy) is 4. The Bertz CT molecular complexity index is 927. The van der Waals surface area contributed by atoms with E-state index in [1.165, 1.54) is 0 Å². The number of benzene rings is 1. The average Bonchev–Trinajstić information content (AvgIpc) is 2.74. The van der Waals surface area contributed by atoms with E-state index in [2.05, 4.69) is 0 Å². The van der Waals surface area contributed by atoms with Gasteiger partial charge in [-0.15, -0.1) is 0 Å². The molecular weight excluding hydrogens is 358 g/mol. The van der Waals surface area contributed by atoms with Crippen molar-refractivity contribution in [2.24, 2.45) is 0 Å².